The Morgan fingerprint density at radius 1 is 0.257 bits per heavy atom. The number of rotatable bonds is 7. The molecule has 0 amide bonds. The summed E-state index contributed by atoms with van der Waals surface area (Å²) in [6.45, 7) is 11.6. The van der Waals surface area contributed by atoms with Crippen molar-refractivity contribution in [3.05, 3.63) is 344 Å². The van der Waals surface area contributed by atoms with Crippen LogP contribution < -0.4 is 26.2 Å². The molecule has 0 saturated carbocycles. The van der Waals surface area contributed by atoms with Crippen molar-refractivity contribution in [1.29, 1.82) is 0 Å². The standard InChI is InChI=1S/C104H73BN6O2/c1-103(2,3)64-55-63(56-65(58-64)104(4,5)6)62-51-54-90-81(57-62)105-80-53-52-66(106-82-39-15-7-27-68(82)69-28-8-16-40-83(69)106)59-95(80)111(94-50-26-38-79-77-36-24-48-92(100(77)113-102(79)94)109-88-45-21-13-33-74(88)75-34-14-22-46-89(75)109)97-61-67(107-84-41-17-9-29-70(84)71-30-10-18-42-85(71)107)60-96(98(97)105)110(90)93-49-25-37-78-76-35-23-47-91(99(76)112-101(78)93)108-86-43-19-11-31-72(86)73-32-12-20-44-87(73)108/h7-61H,1-6H3/i7D,8D,9D,10D,11D,12D,13D,14D,15D,16D,17D,18D,19D,20D,21D,22D,27D,28D,29D,30D,31D,32D,33D,34D,39D,40D,41D,42D,43D,44D,45D,46D. The van der Waals surface area contributed by atoms with Crippen LogP contribution in [-0.4, -0.2) is 25.0 Å². The largest absolute Gasteiger partial charge is 0.452 e. The molecule has 22 aromatic rings. The number of anilines is 6. The first-order valence-electron chi connectivity index (χ1n) is 52.8. The highest BCUT2D eigenvalue weighted by atomic mass is 16.3. The van der Waals surface area contributed by atoms with Crippen molar-refractivity contribution in [2.24, 2.45) is 0 Å². The van der Waals surface area contributed by atoms with Gasteiger partial charge >= 0.3 is 0 Å². The van der Waals surface area contributed by atoms with E-state index in [9.17, 15) is 32.9 Å². The summed E-state index contributed by atoms with van der Waals surface area (Å²) in [6, 6.07) is 20.1. The van der Waals surface area contributed by atoms with E-state index in [1.54, 1.807) is 108 Å². The number of benzene rings is 16. The molecule has 0 saturated heterocycles. The number of fused-ring (bicyclic) bond motifs is 22. The van der Waals surface area contributed by atoms with E-state index < -0.39 is 211 Å². The molecule has 8 heterocycles. The van der Waals surface area contributed by atoms with Crippen LogP contribution in [0.5, 0.6) is 0 Å². The fourth-order valence-electron chi connectivity index (χ4n) is 17.6. The van der Waals surface area contributed by atoms with Crippen LogP contribution in [0.1, 0.15) is 96.5 Å². The summed E-state index contributed by atoms with van der Waals surface area (Å²) in [5, 5.41) is -0.554. The first-order valence-corrected chi connectivity index (χ1v) is 36.8. The molecule has 9 heteroatoms. The van der Waals surface area contributed by atoms with E-state index in [1.165, 1.54) is 18.3 Å². The minimum atomic E-state index is -1.12. The van der Waals surface area contributed by atoms with Crippen LogP contribution >= 0.6 is 0 Å². The smallest absolute Gasteiger partial charge is 0.252 e. The van der Waals surface area contributed by atoms with Crippen molar-refractivity contribution < 1.29 is 52.7 Å². The Morgan fingerprint density at radius 2 is 0.584 bits per heavy atom. The molecule has 2 aliphatic heterocycles. The summed E-state index contributed by atoms with van der Waals surface area (Å²) < 4.78 is 324. The van der Waals surface area contributed by atoms with Gasteiger partial charge in [0.2, 0.25) is 0 Å². The third kappa shape index (κ3) is 9.04. The SMILES string of the molecule is [2H]c1c([2H])c([2H])c2c(c1[2H])c1c([2H])c([2H])c([2H])c([2H])c1n2-c1ccc2c(c1)N(c1cccc3c1oc1c(-n4c5c([2H])c([2H])c([2H])c([2H])c5c5c([2H])c([2H])c([2H])c([2H])c54)cccc13)c1cc(-n3c4c([2H])c([2H])c([2H])c([2H])c4c4c([2H])c([2H])c([2H])c([2H])c43)cc3c1B2c1cc(-c2cc(C(C)(C)C)cc(C(C)(C)C)c2)ccc1N3c1cccc2c1oc1c(-n3c4c([2H])c([2H])c([2H])c([2H])c4c4c([2H])c([2H])c([2H])c([2H])c43)cccc12. The fourth-order valence-corrected chi connectivity index (χ4v) is 17.6. The molecule has 0 N–H and O–H groups in total. The van der Waals surface area contributed by atoms with Gasteiger partial charge in [0.1, 0.15) is 0 Å². The van der Waals surface area contributed by atoms with Crippen LogP contribution in [0.15, 0.2) is 342 Å². The van der Waals surface area contributed by atoms with Crippen molar-refractivity contribution in [3.8, 4) is 33.9 Å². The quantitative estimate of drug-likeness (QED) is 0.149. The van der Waals surface area contributed by atoms with E-state index in [0.717, 1.165) is 16.7 Å². The van der Waals surface area contributed by atoms with Crippen molar-refractivity contribution >= 4 is 188 Å². The van der Waals surface area contributed by atoms with Gasteiger partial charge in [-0.1, -0.05) is 271 Å². The topological polar surface area (TPSA) is 52.5 Å². The molecule has 8 nitrogen and oxygen atoms in total. The summed E-state index contributed by atoms with van der Waals surface area (Å²) in [5.41, 5.74) is 3.42. The molecular formula is C104H73BN6O2. The molecule has 534 valence electrons. The molecule has 0 unspecified atom stereocenters. The van der Waals surface area contributed by atoms with Crippen LogP contribution in [0.3, 0.4) is 0 Å². The van der Waals surface area contributed by atoms with Crippen molar-refractivity contribution in [2.45, 2.75) is 52.4 Å². The van der Waals surface area contributed by atoms with Crippen molar-refractivity contribution in [1.82, 2.24) is 18.3 Å². The van der Waals surface area contributed by atoms with Gasteiger partial charge in [0, 0.05) is 93.1 Å². The minimum Gasteiger partial charge on any atom is -0.452 e. The average molecular weight is 1480 g/mol. The van der Waals surface area contributed by atoms with Crippen LogP contribution in [0.4, 0.5) is 34.1 Å². The summed E-state index contributed by atoms with van der Waals surface area (Å²) in [6.07, 6.45) is 0. The van der Waals surface area contributed by atoms with E-state index in [2.05, 4.69) is 65.8 Å². The second-order valence-corrected chi connectivity index (χ2v) is 30.8. The minimum absolute atomic E-state index is 0.0165. The molecule has 0 fully saturated rings. The van der Waals surface area contributed by atoms with Gasteiger partial charge in [-0.3, -0.25) is 0 Å². The highest BCUT2D eigenvalue weighted by molar-refractivity contribution is 7.00. The van der Waals surface area contributed by atoms with Gasteiger partial charge in [0.15, 0.2) is 22.3 Å². The van der Waals surface area contributed by atoms with Gasteiger partial charge in [-0.25, -0.2) is 0 Å². The lowest BCUT2D eigenvalue weighted by molar-refractivity contribution is 0.569. The predicted molar refractivity (Wildman–Crippen MR) is 475 cm³/mol. The Balaban J connectivity index is 0.901. The lowest BCUT2D eigenvalue weighted by Gasteiger charge is -2.44. The van der Waals surface area contributed by atoms with Crippen LogP contribution in [0.2, 0.25) is 0 Å². The van der Waals surface area contributed by atoms with Crippen molar-refractivity contribution in [2.75, 3.05) is 9.80 Å². The molecule has 16 aromatic carbocycles. The fraction of sp³-hybridized carbons (Fsp3) is 0.0769. The second kappa shape index (κ2) is 23.3. The number of nitrogens with zero attached hydrogens (tertiary/aromatic N) is 6. The molecule has 0 spiro atoms. The first-order chi connectivity index (χ1) is 68.6. The Labute approximate surface area is 697 Å². The Hall–Kier alpha value is -14.0. The van der Waals surface area contributed by atoms with E-state index >= 15 is 0 Å². The van der Waals surface area contributed by atoms with Gasteiger partial charge < -0.3 is 36.9 Å². The van der Waals surface area contributed by atoms with Gasteiger partial charge in [-0.15, -0.1) is 0 Å². The maximum Gasteiger partial charge on any atom is 0.252 e. The normalized spacial score (nSPS) is 17.1. The third-order valence-corrected chi connectivity index (χ3v) is 22.6. The maximum absolute atomic E-state index is 10.2. The van der Waals surface area contributed by atoms with Gasteiger partial charge in [0.05, 0.1) is 116 Å². The molecule has 0 radical (unpaired) electrons. The van der Waals surface area contributed by atoms with E-state index in [4.69, 9.17) is 19.8 Å². The van der Waals surface area contributed by atoms with Crippen LogP contribution in [0, 0.1) is 0 Å². The molecular weight excluding hydrogens is 1380 g/mol. The predicted octanol–water partition coefficient (Wildman–Crippen LogP) is 26.2. The summed E-state index contributed by atoms with van der Waals surface area (Å²) >= 11 is 0. The van der Waals surface area contributed by atoms with Crippen LogP contribution in [0.25, 0.3) is 165 Å². The molecule has 113 heavy (non-hydrogen) atoms. The third-order valence-electron chi connectivity index (χ3n) is 22.6. The Morgan fingerprint density at radius 3 is 0.965 bits per heavy atom. The van der Waals surface area contributed by atoms with E-state index in [-0.39, 0.29) is 161 Å². The van der Waals surface area contributed by atoms with Gasteiger partial charge in [-0.05, 0) is 152 Å². The monoisotopic (exact) mass is 1480 g/mol. The zero-order valence-corrected chi connectivity index (χ0v) is 60.9. The molecule has 6 aromatic heterocycles. The molecule has 0 bridgehead atoms. The number of para-hydroxylation sites is 12. The van der Waals surface area contributed by atoms with Crippen molar-refractivity contribution in [3.63, 3.8) is 0 Å². The average Bonchev–Trinajstić information content (AvgIpc) is 1.66. The first kappa shape index (κ1) is 40.1. The number of aromatic nitrogens is 4. The summed E-state index contributed by atoms with van der Waals surface area (Å²) in [5.74, 6) is 0. The van der Waals surface area contributed by atoms with Gasteiger partial charge in [0.25, 0.3) is 6.71 Å². The number of hydrogen-bond acceptors (Lipinski definition) is 4. The highest BCUT2D eigenvalue weighted by Gasteiger charge is 2.46. The molecule has 2 aliphatic rings. The second-order valence-electron chi connectivity index (χ2n) is 30.8. The zero-order valence-electron chi connectivity index (χ0n) is 92.9. The lowest BCUT2D eigenvalue weighted by atomic mass is 9.33. The summed E-state index contributed by atoms with van der Waals surface area (Å²) in [4.78, 5) is 3.71. The van der Waals surface area contributed by atoms with Gasteiger partial charge in [-0.2, -0.15) is 0 Å². The Kier molecular flexibility index (Phi) is 8.26. The maximum atomic E-state index is 10.2. The van der Waals surface area contributed by atoms with E-state index in [0.29, 0.717) is 49.2 Å². The number of hydrogen-bond donors (Lipinski definition) is 0. The molecule has 0 atom stereocenters. The number of furan rings is 2. The molecule has 24 rings (SSSR count). The van der Waals surface area contributed by atoms with E-state index in [1.807, 2.05) is 17.0 Å². The zero-order chi connectivity index (χ0) is 103. The highest BCUT2D eigenvalue weighted by Crippen LogP contribution is 2.53. The summed E-state index contributed by atoms with van der Waals surface area (Å²) in [7, 11) is 0. The Bertz CT molecular complexity index is 9610. The lowest BCUT2D eigenvalue weighted by Crippen LogP contribution is -2.61. The molecule has 0 aliphatic carbocycles. The van der Waals surface area contributed by atoms with Crippen LogP contribution in [-0.2, 0) is 10.8 Å².